The molecule has 5 nitrogen and oxygen atoms in total. The third-order valence-corrected chi connectivity index (χ3v) is 3.55. The molecule has 0 aliphatic heterocycles. The van der Waals surface area contributed by atoms with Crippen molar-refractivity contribution >= 4 is 23.5 Å². The first-order chi connectivity index (χ1) is 10.4. The zero-order valence-corrected chi connectivity index (χ0v) is 13.3. The van der Waals surface area contributed by atoms with Gasteiger partial charge >= 0.3 is 5.97 Å². The van der Waals surface area contributed by atoms with E-state index in [1.54, 1.807) is 44.3 Å². The first kappa shape index (κ1) is 16.1. The number of aryl methyl sites for hydroxylation is 1. The molecule has 6 heteroatoms. The molecule has 0 unspecified atom stereocenters. The Hall–Kier alpha value is -2.27. The molecular weight excluding hydrogens is 306 g/mol. The number of rotatable bonds is 4. The van der Waals surface area contributed by atoms with Crippen LogP contribution in [0.25, 0.3) is 0 Å². The minimum atomic E-state index is -0.465. The standard InChI is InChI=1S/C16H16ClNO4/c1-10-13(16(20)21-3)8-11(22-10)9-18(2)15(19)12-6-4-5-7-14(12)17/h4-8H,9H2,1-3H3. The number of halogens is 1. The predicted molar refractivity (Wildman–Crippen MR) is 82.0 cm³/mol. The predicted octanol–water partition coefficient (Wildman–Crippen LogP) is 3.30. The average molecular weight is 322 g/mol. The number of hydrogen-bond acceptors (Lipinski definition) is 4. The van der Waals surface area contributed by atoms with Crippen LogP contribution in [-0.4, -0.2) is 30.9 Å². The van der Waals surface area contributed by atoms with E-state index in [9.17, 15) is 9.59 Å². The van der Waals surface area contributed by atoms with Crippen molar-refractivity contribution in [3.05, 3.63) is 58.0 Å². The molecule has 0 aliphatic carbocycles. The smallest absolute Gasteiger partial charge is 0.341 e. The molecular formula is C16H16ClNO4. The molecule has 0 saturated carbocycles. The molecule has 0 N–H and O–H groups in total. The maximum atomic E-state index is 12.4. The third-order valence-electron chi connectivity index (χ3n) is 3.22. The number of benzene rings is 1. The Morgan fingerprint density at radius 3 is 2.59 bits per heavy atom. The SMILES string of the molecule is COC(=O)c1cc(CN(C)C(=O)c2ccccc2Cl)oc1C. The Balaban J connectivity index is 2.15. The van der Waals surface area contributed by atoms with Crippen LogP contribution in [0.2, 0.25) is 5.02 Å². The van der Waals surface area contributed by atoms with Crippen LogP contribution in [0.5, 0.6) is 0 Å². The molecule has 0 aliphatic rings. The lowest BCUT2D eigenvalue weighted by Crippen LogP contribution is -2.26. The molecule has 1 aromatic heterocycles. The van der Waals surface area contributed by atoms with Gasteiger partial charge in [-0.2, -0.15) is 0 Å². The maximum absolute atomic E-state index is 12.4. The molecule has 0 atom stereocenters. The molecule has 1 amide bonds. The van der Waals surface area contributed by atoms with Gasteiger partial charge in [-0.25, -0.2) is 4.79 Å². The van der Waals surface area contributed by atoms with Crippen molar-refractivity contribution in [3.63, 3.8) is 0 Å². The summed E-state index contributed by atoms with van der Waals surface area (Å²) in [6.07, 6.45) is 0. The van der Waals surface area contributed by atoms with Crippen molar-refractivity contribution in [2.24, 2.45) is 0 Å². The molecule has 0 spiro atoms. The van der Waals surface area contributed by atoms with E-state index in [-0.39, 0.29) is 12.5 Å². The van der Waals surface area contributed by atoms with Crippen LogP contribution in [0.15, 0.2) is 34.7 Å². The Morgan fingerprint density at radius 1 is 1.27 bits per heavy atom. The van der Waals surface area contributed by atoms with E-state index in [1.807, 2.05) is 0 Å². The van der Waals surface area contributed by atoms with E-state index < -0.39 is 5.97 Å². The summed E-state index contributed by atoms with van der Waals surface area (Å²) in [7, 11) is 2.95. The van der Waals surface area contributed by atoms with Gasteiger partial charge in [0.05, 0.1) is 24.2 Å². The minimum absolute atomic E-state index is 0.223. The van der Waals surface area contributed by atoms with Crippen molar-refractivity contribution < 1.29 is 18.7 Å². The van der Waals surface area contributed by atoms with Gasteiger partial charge in [-0.05, 0) is 25.1 Å². The first-order valence-corrected chi connectivity index (χ1v) is 6.99. The molecule has 0 bridgehead atoms. The number of amides is 1. The second-order valence-electron chi connectivity index (χ2n) is 4.82. The van der Waals surface area contributed by atoms with Gasteiger partial charge in [-0.1, -0.05) is 23.7 Å². The fraction of sp³-hybridized carbons (Fsp3) is 0.250. The average Bonchev–Trinajstić information content (AvgIpc) is 2.86. The highest BCUT2D eigenvalue weighted by Gasteiger charge is 2.19. The highest BCUT2D eigenvalue weighted by atomic mass is 35.5. The van der Waals surface area contributed by atoms with E-state index in [1.165, 1.54) is 12.0 Å². The number of nitrogens with zero attached hydrogens (tertiary/aromatic N) is 1. The summed E-state index contributed by atoms with van der Waals surface area (Å²) in [6, 6.07) is 8.41. The fourth-order valence-corrected chi connectivity index (χ4v) is 2.30. The Kier molecular flexibility index (Phi) is 4.88. The van der Waals surface area contributed by atoms with Crippen LogP contribution in [0, 0.1) is 6.92 Å². The van der Waals surface area contributed by atoms with Crippen molar-refractivity contribution in [2.45, 2.75) is 13.5 Å². The van der Waals surface area contributed by atoms with Crippen LogP contribution in [0.1, 0.15) is 32.2 Å². The van der Waals surface area contributed by atoms with Gasteiger partial charge in [0.15, 0.2) is 0 Å². The summed E-state index contributed by atoms with van der Waals surface area (Å²) >= 11 is 6.02. The summed E-state index contributed by atoms with van der Waals surface area (Å²) in [5.74, 6) is 0.271. The second kappa shape index (κ2) is 6.66. The van der Waals surface area contributed by atoms with E-state index in [4.69, 9.17) is 16.0 Å². The molecule has 2 aromatic rings. The molecule has 0 saturated heterocycles. The van der Waals surface area contributed by atoms with Crippen molar-refractivity contribution in [1.82, 2.24) is 4.90 Å². The highest BCUT2D eigenvalue weighted by Crippen LogP contribution is 2.20. The van der Waals surface area contributed by atoms with Crippen LogP contribution in [0.4, 0.5) is 0 Å². The zero-order valence-electron chi connectivity index (χ0n) is 12.6. The van der Waals surface area contributed by atoms with Gasteiger partial charge in [0.2, 0.25) is 0 Å². The van der Waals surface area contributed by atoms with Gasteiger partial charge in [0.1, 0.15) is 17.1 Å². The highest BCUT2D eigenvalue weighted by molar-refractivity contribution is 6.33. The van der Waals surface area contributed by atoms with E-state index in [2.05, 4.69) is 4.74 Å². The zero-order chi connectivity index (χ0) is 16.3. The molecule has 1 aromatic carbocycles. The van der Waals surface area contributed by atoms with Gasteiger partial charge < -0.3 is 14.1 Å². The van der Waals surface area contributed by atoms with Gasteiger partial charge in [-0.15, -0.1) is 0 Å². The maximum Gasteiger partial charge on any atom is 0.341 e. The Bertz CT molecular complexity index is 708. The fourth-order valence-electron chi connectivity index (χ4n) is 2.08. The van der Waals surface area contributed by atoms with Crippen LogP contribution in [0.3, 0.4) is 0 Å². The van der Waals surface area contributed by atoms with Crippen LogP contribution in [-0.2, 0) is 11.3 Å². The van der Waals surface area contributed by atoms with Crippen molar-refractivity contribution in [3.8, 4) is 0 Å². The molecule has 0 radical (unpaired) electrons. The number of carbonyl (C=O) groups excluding carboxylic acids is 2. The topological polar surface area (TPSA) is 59.8 Å². The largest absolute Gasteiger partial charge is 0.465 e. The number of esters is 1. The lowest BCUT2D eigenvalue weighted by atomic mass is 10.2. The summed E-state index contributed by atoms with van der Waals surface area (Å²) in [4.78, 5) is 25.4. The van der Waals surface area contributed by atoms with Gasteiger partial charge in [-0.3, -0.25) is 4.79 Å². The van der Waals surface area contributed by atoms with E-state index in [0.29, 0.717) is 27.7 Å². The van der Waals surface area contributed by atoms with Crippen LogP contribution >= 0.6 is 11.6 Å². The lowest BCUT2D eigenvalue weighted by Gasteiger charge is -2.16. The summed E-state index contributed by atoms with van der Waals surface area (Å²) < 4.78 is 10.2. The molecule has 1 heterocycles. The van der Waals surface area contributed by atoms with Crippen molar-refractivity contribution in [1.29, 1.82) is 0 Å². The first-order valence-electron chi connectivity index (χ1n) is 6.61. The molecule has 22 heavy (non-hydrogen) atoms. The molecule has 0 fully saturated rings. The molecule has 2 rings (SSSR count). The Labute approximate surface area is 133 Å². The summed E-state index contributed by atoms with van der Waals surface area (Å²) in [5, 5.41) is 0.394. The minimum Gasteiger partial charge on any atom is -0.465 e. The van der Waals surface area contributed by atoms with Gasteiger partial charge in [0, 0.05) is 7.05 Å². The number of carbonyl (C=O) groups is 2. The van der Waals surface area contributed by atoms with Gasteiger partial charge in [0.25, 0.3) is 5.91 Å². The third kappa shape index (κ3) is 3.31. The molecule has 116 valence electrons. The summed E-state index contributed by atoms with van der Waals surface area (Å²) in [6.45, 7) is 1.90. The number of ether oxygens (including phenoxy) is 1. The van der Waals surface area contributed by atoms with Crippen molar-refractivity contribution in [2.75, 3.05) is 14.2 Å². The quantitative estimate of drug-likeness (QED) is 0.811. The lowest BCUT2D eigenvalue weighted by molar-refractivity contribution is 0.0598. The number of furan rings is 1. The summed E-state index contributed by atoms with van der Waals surface area (Å²) in [5.41, 5.74) is 0.777. The number of methoxy groups -OCH3 is 1. The van der Waals surface area contributed by atoms with E-state index >= 15 is 0 Å². The number of hydrogen-bond donors (Lipinski definition) is 0. The second-order valence-corrected chi connectivity index (χ2v) is 5.22. The monoisotopic (exact) mass is 321 g/mol. The Morgan fingerprint density at radius 2 is 1.95 bits per heavy atom. The van der Waals surface area contributed by atoms with E-state index in [0.717, 1.165) is 0 Å². The normalized spacial score (nSPS) is 10.4. The van der Waals surface area contributed by atoms with Crippen LogP contribution < -0.4 is 0 Å².